The molecule has 0 aliphatic carbocycles. The van der Waals surface area contributed by atoms with Crippen molar-refractivity contribution in [3.63, 3.8) is 0 Å². The molecule has 0 saturated carbocycles. The van der Waals surface area contributed by atoms with Crippen LogP contribution in [-0.4, -0.2) is 43.7 Å². The minimum absolute atomic E-state index is 0.0430. The molecule has 1 saturated heterocycles. The lowest BCUT2D eigenvalue weighted by atomic mass is 10.2. The molecule has 0 aromatic rings. The van der Waals surface area contributed by atoms with Crippen LogP contribution in [0.1, 0.15) is 12.8 Å². The molecule has 1 rings (SSSR count). The van der Waals surface area contributed by atoms with Crippen LogP contribution in [0.25, 0.3) is 0 Å². The van der Waals surface area contributed by atoms with Gasteiger partial charge >= 0.3 is 5.97 Å². The van der Waals surface area contributed by atoms with E-state index in [4.69, 9.17) is 5.73 Å². The number of nitrogens with zero attached hydrogens (tertiary/aromatic N) is 1. The summed E-state index contributed by atoms with van der Waals surface area (Å²) in [4.78, 5) is 13.3. The highest BCUT2D eigenvalue weighted by molar-refractivity contribution is 5.75. The van der Waals surface area contributed by atoms with Crippen LogP contribution in [0.15, 0.2) is 0 Å². The van der Waals surface area contributed by atoms with Gasteiger partial charge in [0.05, 0.1) is 7.11 Å². The Labute approximate surface area is 72.7 Å². The molecule has 0 aromatic carbocycles. The summed E-state index contributed by atoms with van der Waals surface area (Å²) < 4.78 is 4.69. The average Bonchev–Trinajstić information content (AvgIpc) is 2.52. The lowest BCUT2D eigenvalue weighted by Crippen LogP contribution is -2.39. The second-order valence-electron chi connectivity index (χ2n) is 3.01. The van der Waals surface area contributed by atoms with Gasteiger partial charge in [0.2, 0.25) is 0 Å². The second-order valence-corrected chi connectivity index (χ2v) is 3.01. The van der Waals surface area contributed by atoms with Crippen molar-refractivity contribution in [2.75, 3.05) is 26.7 Å². The molecule has 70 valence electrons. The normalized spacial score (nSPS) is 24.3. The number of nitrogens with two attached hydrogens (primary N) is 1. The first-order valence-electron chi connectivity index (χ1n) is 4.31. The summed E-state index contributed by atoms with van der Waals surface area (Å²) >= 11 is 0. The highest BCUT2D eigenvalue weighted by Crippen LogP contribution is 2.17. The van der Waals surface area contributed by atoms with Gasteiger partial charge in [0.1, 0.15) is 6.04 Å². The molecule has 0 amide bonds. The Hall–Kier alpha value is -0.610. The molecule has 1 aliphatic heterocycles. The van der Waals surface area contributed by atoms with Crippen molar-refractivity contribution in [1.29, 1.82) is 0 Å². The van der Waals surface area contributed by atoms with E-state index in [0.29, 0.717) is 6.54 Å². The third kappa shape index (κ3) is 1.95. The van der Waals surface area contributed by atoms with Crippen molar-refractivity contribution in [3.05, 3.63) is 0 Å². The predicted molar refractivity (Wildman–Crippen MR) is 45.7 cm³/mol. The van der Waals surface area contributed by atoms with E-state index in [1.54, 1.807) is 0 Å². The minimum atomic E-state index is -0.124. The van der Waals surface area contributed by atoms with Gasteiger partial charge in [-0.25, -0.2) is 0 Å². The highest BCUT2D eigenvalue weighted by atomic mass is 16.5. The zero-order valence-corrected chi connectivity index (χ0v) is 7.45. The molecule has 2 N–H and O–H groups in total. The summed E-state index contributed by atoms with van der Waals surface area (Å²) in [5.41, 5.74) is 5.42. The van der Waals surface area contributed by atoms with E-state index in [-0.39, 0.29) is 12.0 Å². The summed E-state index contributed by atoms with van der Waals surface area (Å²) in [7, 11) is 1.43. The maximum absolute atomic E-state index is 11.2. The molecule has 1 heterocycles. The van der Waals surface area contributed by atoms with Gasteiger partial charge < -0.3 is 10.5 Å². The summed E-state index contributed by atoms with van der Waals surface area (Å²) in [6, 6.07) is -0.0430. The fourth-order valence-corrected chi connectivity index (χ4v) is 1.66. The quantitative estimate of drug-likeness (QED) is 0.588. The molecular weight excluding hydrogens is 156 g/mol. The van der Waals surface area contributed by atoms with Gasteiger partial charge in [-0.05, 0) is 19.4 Å². The van der Waals surface area contributed by atoms with Crippen LogP contribution in [0.4, 0.5) is 0 Å². The molecule has 1 aliphatic rings. The van der Waals surface area contributed by atoms with Gasteiger partial charge in [0, 0.05) is 13.1 Å². The van der Waals surface area contributed by atoms with E-state index < -0.39 is 0 Å². The molecule has 0 radical (unpaired) electrons. The first kappa shape index (κ1) is 9.48. The van der Waals surface area contributed by atoms with Crippen molar-refractivity contribution in [2.45, 2.75) is 18.9 Å². The molecule has 1 unspecified atom stereocenters. The number of hydrogen-bond donors (Lipinski definition) is 1. The van der Waals surface area contributed by atoms with E-state index in [2.05, 4.69) is 9.64 Å². The molecule has 4 nitrogen and oxygen atoms in total. The second kappa shape index (κ2) is 4.42. The number of carbonyl (C=O) groups excluding carboxylic acids is 1. The van der Waals surface area contributed by atoms with Crippen LogP contribution >= 0.6 is 0 Å². The predicted octanol–water partition coefficient (Wildman–Crippen LogP) is -0.417. The van der Waals surface area contributed by atoms with Gasteiger partial charge in [-0.15, -0.1) is 0 Å². The maximum atomic E-state index is 11.2. The number of likely N-dealkylation sites (tertiary alicyclic amines) is 1. The van der Waals surface area contributed by atoms with Crippen molar-refractivity contribution < 1.29 is 9.53 Å². The van der Waals surface area contributed by atoms with Crippen LogP contribution in [0.3, 0.4) is 0 Å². The van der Waals surface area contributed by atoms with Crippen molar-refractivity contribution >= 4 is 5.97 Å². The third-order valence-corrected chi connectivity index (χ3v) is 2.25. The number of methoxy groups -OCH3 is 1. The molecule has 4 heteroatoms. The number of rotatable bonds is 3. The SMILES string of the molecule is COC(=O)C1CCCN1CCN. The van der Waals surface area contributed by atoms with E-state index in [0.717, 1.165) is 25.9 Å². The number of ether oxygens (including phenoxy) is 1. The Morgan fingerprint density at radius 3 is 3.08 bits per heavy atom. The van der Waals surface area contributed by atoms with Crippen LogP contribution in [-0.2, 0) is 9.53 Å². The standard InChI is InChI=1S/C8H16N2O2/c1-12-8(11)7-3-2-5-10(7)6-4-9/h7H,2-6,9H2,1H3. The molecular formula is C8H16N2O2. The zero-order chi connectivity index (χ0) is 8.97. The van der Waals surface area contributed by atoms with Gasteiger partial charge in [-0.2, -0.15) is 0 Å². The molecule has 1 atom stereocenters. The van der Waals surface area contributed by atoms with Gasteiger partial charge in [0.15, 0.2) is 0 Å². The molecule has 0 bridgehead atoms. The van der Waals surface area contributed by atoms with Crippen LogP contribution in [0, 0.1) is 0 Å². The highest BCUT2D eigenvalue weighted by Gasteiger charge is 2.30. The van der Waals surface area contributed by atoms with E-state index in [1.807, 2.05) is 0 Å². The monoisotopic (exact) mass is 172 g/mol. The first-order chi connectivity index (χ1) is 5.79. The number of esters is 1. The summed E-state index contributed by atoms with van der Waals surface area (Å²) in [5, 5.41) is 0. The number of hydrogen-bond acceptors (Lipinski definition) is 4. The lowest BCUT2D eigenvalue weighted by Gasteiger charge is -2.20. The third-order valence-electron chi connectivity index (χ3n) is 2.25. The zero-order valence-electron chi connectivity index (χ0n) is 7.45. The molecule has 12 heavy (non-hydrogen) atoms. The van der Waals surface area contributed by atoms with Gasteiger partial charge in [-0.3, -0.25) is 9.69 Å². The van der Waals surface area contributed by atoms with Crippen LogP contribution in [0.2, 0.25) is 0 Å². The van der Waals surface area contributed by atoms with Crippen molar-refractivity contribution in [1.82, 2.24) is 4.90 Å². The van der Waals surface area contributed by atoms with Crippen molar-refractivity contribution in [2.24, 2.45) is 5.73 Å². The average molecular weight is 172 g/mol. The first-order valence-corrected chi connectivity index (χ1v) is 4.31. The van der Waals surface area contributed by atoms with Crippen LogP contribution in [0.5, 0.6) is 0 Å². The van der Waals surface area contributed by atoms with Gasteiger partial charge in [-0.1, -0.05) is 0 Å². The fourth-order valence-electron chi connectivity index (χ4n) is 1.66. The Bertz CT molecular complexity index is 161. The maximum Gasteiger partial charge on any atom is 0.323 e. The summed E-state index contributed by atoms with van der Waals surface area (Å²) in [6.45, 7) is 2.37. The Morgan fingerprint density at radius 2 is 2.50 bits per heavy atom. The topological polar surface area (TPSA) is 55.6 Å². The smallest absolute Gasteiger partial charge is 0.323 e. The van der Waals surface area contributed by atoms with E-state index in [9.17, 15) is 4.79 Å². The summed E-state index contributed by atoms with van der Waals surface area (Å²) in [5.74, 6) is -0.124. The Morgan fingerprint density at radius 1 is 1.75 bits per heavy atom. The van der Waals surface area contributed by atoms with Crippen molar-refractivity contribution in [3.8, 4) is 0 Å². The van der Waals surface area contributed by atoms with Gasteiger partial charge in [0.25, 0.3) is 0 Å². The minimum Gasteiger partial charge on any atom is -0.468 e. The summed E-state index contributed by atoms with van der Waals surface area (Å²) in [6.07, 6.45) is 1.98. The van der Waals surface area contributed by atoms with E-state index in [1.165, 1.54) is 7.11 Å². The molecule has 0 aromatic heterocycles. The Balaban J connectivity index is 2.45. The molecule has 0 spiro atoms. The Kier molecular flexibility index (Phi) is 3.49. The number of carbonyl (C=O) groups is 1. The largest absolute Gasteiger partial charge is 0.468 e. The lowest BCUT2D eigenvalue weighted by molar-refractivity contribution is -0.145. The molecule has 1 fully saturated rings. The van der Waals surface area contributed by atoms with E-state index >= 15 is 0 Å². The fraction of sp³-hybridized carbons (Fsp3) is 0.875. The van der Waals surface area contributed by atoms with Crippen LogP contribution < -0.4 is 5.73 Å².